The predicted molar refractivity (Wildman–Crippen MR) is 101 cm³/mol. The predicted octanol–water partition coefficient (Wildman–Crippen LogP) is -0.513. The van der Waals surface area contributed by atoms with Crippen molar-refractivity contribution in [2.75, 3.05) is 19.9 Å². The zero-order chi connectivity index (χ0) is 23.9. The fourth-order valence-corrected chi connectivity index (χ4v) is 2.80. The Balaban J connectivity index is 0.000000451. The van der Waals surface area contributed by atoms with Crippen molar-refractivity contribution in [1.82, 2.24) is 9.97 Å². The van der Waals surface area contributed by atoms with Gasteiger partial charge in [0.2, 0.25) is 0 Å². The number of aliphatic carboxylic acids is 1. The molecular weight excluding hydrogens is 460 g/mol. The van der Waals surface area contributed by atoms with Gasteiger partial charge in [0.05, 0.1) is 18.1 Å². The summed E-state index contributed by atoms with van der Waals surface area (Å²) in [7, 11) is 0. The maximum Gasteiger partial charge on any atom is 0.430 e. The average Bonchev–Trinajstić information content (AvgIpc) is 2.74. The average molecular weight is 477 g/mol. The summed E-state index contributed by atoms with van der Waals surface area (Å²) in [6.07, 6.45) is -2.19. The molecule has 0 aromatic carbocycles. The molecule has 0 aliphatic carbocycles. The number of ether oxygens (including phenoxy) is 1. The number of rotatable bonds is 5. The molecule has 1 aliphatic heterocycles. The van der Waals surface area contributed by atoms with Crippen molar-refractivity contribution in [2.24, 2.45) is 5.73 Å². The number of carbonyl (C=O) groups excluding carboxylic acids is 2. The first kappa shape index (κ1) is 25.1. The number of nitrogens with one attached hydrogen (secondary N) is 1. The van der Waals surface area contributed by atoms with E-state index < -0.39 is 24.4 Å². The Morgan fingerprint density at radius 1 is 1.28 bits per heavy atom. The van der Waals surface area contributed by atoms with Gasteiger partial charge in [0.25, 0.3) is 5.84 Å². The molecule has 0 saturated carbocycles. The molecule has 2 aromatic heterocycles. The number of aromatic nitrogens is 2. The van der Waals surface area contributed by atoms with Gasteiger partial charge in [-0.1, -0.05) is 11.6 Å². The molecule has 3 N–H and O–H groups in total. The number of halogens is 5. The van der Waals surface area contributed by atoms with Crippen LogP contribution in [-0.2, 0) is 21.5 Å². The van der Waals surface area contributed by atoms with Crippen molar-refractivity contribution >= 4 is 29.2 Å². The molecule has 1 unspecified atom stereocenters. The van der Waals surface area contributed by atoms with Crippen molar-refractivity contribution in [1.29, 1.82) is 0 Å². The quantitative estimate of drug-likeness (QED) is 0.438. The van der Waals surface area contributed by atoms with Crippen LogP contribution in [0.25, 0.3) is 0 Å². The van der Waals surface area contributed by atoms with Gasteiger partial charge in [0, 0.05) is 23.7 Å². The second-order valence-corrected chi connectivity index (χ2v) is 7.08. The maximum absolute atomic E-state index is 13.8. The van der Waals surface area contributed by atoms with Crippen molar-refractivity contribution in [3.05, 3.63) is 58.6 Å². The standard InChI is InChI=1S/C17H16ClFN4O2.C2HF3O2/c18-12-1-2-14(22-7-12)15(24)6-13-5-11(3-4-21-13)17(9-19)10-25-8-16(20)23-17;3-2(4,5)1(6)7/h1-5,7H,6,8-10H2,(H2,20,23);(H,6,7). The molecule has 0 amide bonds. The van der Waals surface area contributed by atoms with Crippen LogP contribution in [0.5, 0.6) is 0 Å². The Labute approximate surface area is 184 Å². The number of alkyl halides is 4. The third-order valence-electron chi connectivity index (χ3n) is 4.19. The van der Waals surface area contributed by atoms with E-state index in [1.807, 2.05) is 0 Å². The lowest BCUT2D eigenvalue weighted by molar-refractivity contribution is -0.581. The highest BCUT2D eigenvalue weighted by Crippen LogP contribution is 2.20. The summed E-state index contributed by atoms with van der Waals surface area (Å²) in [6.45, 7) is -0.329. The van der Waals surface area contributed by atoms with Crippen LogP contribution in [0.3, 0.4) is 0 Å². The molecule has 2 aromatic rings. The normalized spacial score (nSPS) is 18.2. The summed E-state index contributed by atoms with van der Waals surface area (Å²) in [5.74, 6) is -2.84. The zero-order valence-electron chi connectivity index (χ0n) is 16.3. The molecule has 0 bridgehead atoms. The van der Waals surface area contributed by atoms with Crippen molar-refractivity contribution in [3.63, 3.8) is 0 Å². The Morgan fingerprint density at radius 3 is 2.50 bits per heavy atom. The van der Waals surface area contributed by atoms with Gasteiger partial charge >= 0.3 is 6.18 Å². The van der Waals surface area contributed by atoms with Crippen molar-refractivity contribution < 1.29 is 42.0 Å². The highest BCUT2D eigenvalue weighted by Gasteiger charge is 2.39. The smallest absolute Gasteiger partial charge is 0.430 e. The van der Waals surface area contributed by atoms with E-state index in [0.717, 1.165) is 0 Å². The number of hydrogen-bond donors (Lipinski definition) is 2. The largest absolute Gasteiger partial charge is 0.542 e. The van der Waals surface area contributed by atoms with Crippen LogP contribution >= 0.6 is 11.6 Å². The van der Waals surface area contributed by atoms with E-state index in [0.29, 0.717) is 27.8 Å². The van der Waals surface area contributed by atoms with E-state index in [1.54, 1.807) is 24.3 Å². The van der Waals surface area contributed by atoms with E-state index in [9.17, 15) is 22.4 Å². The first-order valence-corrected chi connectivity index (χ1v) is 9.26. The highest BCUT2D eigenvalue weighted by atomic mass is 35.5. The van der Waals surface area contributed by atoms with Gasteiger partial charge in [-0.3, -0.25) is 25.5 Å². The molecule has 0 spiro atoms. The zero-order valence-corrected chi connectivity index (χ0v) is 17.0. The molecule has 0 saturated heterocycles. The molecule has 172 valence electrons. The second-order valence-electron chi connectivity index (χ2n) is 6.64. The van der Waals surface area contributed by atoms with E-state index in [1.165, 1.54) is 12.4 Å². The number of ketones is 1. The molecule has 32 heavy (non-hydrogen) atoms. The molecule has 8 nitrogen and oxygen atoms in total. The third-order valence-corrected chi connectivity index (χ3v) is 4.41. The number of nitrogens with two attached hydrogens (primary N) is 1. The van der Waals surface area contributed by atoms with Gasteiger partial charge < -0.3 is 14.6 Å². The Bertz CT molecular complexity index is 1000. The lowest BCUT2D eigenvalue weighted by atomic mass is 9.91. The molecule has 13 heteroatoms. The molecule has 1 atom stereocenters. The number of hydrogen-bond acceptors (Lipinski definition) is 7. The number of carbonyl (C=O) groups is 2. The van der Waals surface area contributed by atoms with Crippen LogP contribution in [0.2, 0.25) is 5.02 Å². The number of carboxylic acid groups (broad SMARTS) is 1. The van der Waals surface area contributed by atoms with Crippen LogP contribution in [0, 0.1) is 0 Å². The Kier molecular flexibility index (Phi) is 8.22. The fraction of sp³-hybridized carbons (Fsp3) is 0.316. The molecule has 0 fully saturated rings. The third kappa shape index (κ3) is 6.69. The molecule has 3 rings (SSSR count). The van der Waals surface area contributed by atoms with Gasteiger partial charge in [0.15, 0.2) is 11.3 Å². The topological polar surface area (TPSA) is 132 Å². The van der Waals surface area contributed by atoms with Crippen molar-refractivity contribution in [3.8, 4) is 0 Å². The van der Waals surface area contributed by atoms with Crippen molar-refractivity contribution in [2.45, 2.75) is 18.1 Å². The summed E-state index contributed by atoms with van der Waals surface area (Å²) >= 11 is 5.77. The monoisotopic (exact) mass is 476 g/mol. The minimum absolute atomic E-state index is 0.0465. The number of amidine groups is 1. The lowest BCUT2D eigenvalue weighted by Gasteiger charge is -2.28. The van der Waals surface area contributed by atoms with E-state index >= 15 is 0 Å². The van der Waals surface area contributed by atoms with Crippen LogP contribution in [0.15, 0.2) is 36.7 Å². The van der Waals surface area contributed by atoms with Crippen LogP contribution < -0.4 is 15.8 Å². The fourth-order valence-electron chi connectivity index (χ4n) is 2.69. The van der Waals surface area contributed by atoms with Gasteiger partial charge in [-0.15, -0.1) is 0 Å². The second kappa shape index (κ2) is 10.5. The van der Waals surface area contributed by atoms with Gasteiger partial charge in [-0.05, 0) is 24.3 Å². The minimum atomic E-state index is -5.19. The number of nitrogens with zero attached hydrogens (tertiary/aromatic N) is 2. The number of Topliss-reactive ketones (excluding diaryl/α,β-unsaturated/α-hetero) is 1. The van der Waals surface area contributed by atoms with E-state index in [4.69, 9.17) is 32.0 Å². The Morgan fingerprint density at radius 2 is 1.97 bits per heavy atom. The van der Waals surface area contributed by atoms with Gasteiger partial charge in [0.1, 0.15) is 24.9 Å². The van der Waals surface area contributed by atoms with Crippen LogP contribution in [-0.4, -0.2) is 53.6 Å². The summed E-state index contributed by atoms with van der Waals surface area (Å²) < 4.78 is 50.7. The van der Waals surface area contributed by atoms with Gasteiger partial charge in [-0.2, -0.15) is 13.2 Å². The Hall–Kier alpha value is -3.12. The summed E-state index contributed by atoms with van der Waals surface area (Å²) in [5, 5.41) is 9.24. The van der Waals surface area contributed by atoms with Gasteiger partial charge in [-0.25, -0.2) is 4.39 Å². The molecule has 3 heterocycles. The highest BCUT2D eigenvalue weighted by molar-refractivity contribution is 6.30. The SMILES string of the molecule is NC1=[NH+]C(CF)(c2ccnc(CC(=O)c3ccc(Cl)cn3)c2)COC1.O=C([O-])C(F)(F)F. The lowest BCUT2D eigenvalue weighted by Crippen LogP contribution is -2.91. The van der Waals surface area contributed by atoms with E-state index in [-0.39, 0.29) is 25.4 Å². The number of carboxylic acids is 1. The first-order chi connectivity index (χ1) is 15.0. The summed E-state index contributed by atoms with van der Waals surface area (Å²) in [6, 6.07) is 6.53. The molecule has 0 radical (unpaired) electrons. The molecule has 1 aliphatic rings. The first-order valence-electron chi connectivity index (χ1n) is 8.88. The molecular formula is C19H17ClF4N4O4. The van der Waals surface area contributed by atoms with Crippen LogP contribution in [0.4, 0.5) is 17.6 Å². The minimum Gasteiger partial charge on any atom is -0.542 e. The maximum atomic E-state index is 13.8. The van der Waals surface area contributed by atoms with Crippen LogP contribution in [0.1, 0.15) is 21.7 Å². The number of pyridine rings is 2. The van der Waals surface area contributed by atoms with E-state index in [2.05, 4.69) is 15.0 Å². The summed E-state index contributed by atoms with van der Waals surface area (Å²) in [5.41, 5.74) is 6.12. The summed E-state index contributed by atoms with van der Waals surface area (Å²) in [4.78, 5) is 32.3.